The van der Waals surface area contributed by atoms with Crippen molar-refractivity contribution in [1.82, 2.24) is 4.98 Å². The first kappa shape index (κ1) is 12.3. The summed E-state index contributed by atoms with van der Waals surface area (Å²) in [7, 11) is 0. The van der Waals surface area contributed by atoms with Crippen molar-refractivity contribution in [3.8, 4) is 0 Å². The summed E-state index contributed by atoms with van der Waals surface area (Å²) >= 11 is 0. The third kappa shape index (κ3) is 2.96. The molecule has 0 radical (unpaired) electrons. The third-order valence-corrected chi connectivity index (χ3v) is 3.40. The molecule has 0 bridgehead atoms. The van der Waals surface area contributed by atoms with Crippen LogP contribution in [0.2, 0.25) is 0 Å². The SMILES string of the molecule is C[C@@H](N)c1ccnc(N2CCCC(CO)C2)c1. The molecule has 17 heavy (non-hydrogen) atoms. The summed E-state index contributed by atoms with van der Waals surface area (Å²) in [5, 5.41) is 9.23. The second-order valence-corrected chi connectivity index (χ2v) is 4.87. The van der Waals surface area contributed by atoms with Gasteiger partial charge in [-0.1, -0.05) is 0 Å². The Hall–Kier alpha value is -1.13. The molecular weight excluding hydrogens is 214 g/mol. The Labute approximate surface area is 102 Å². The van der Waals surface area contributed by atoms with E-state index in [2.05, 4.69) is 16.0 Å². The zero-order valence-corrected chi connectivity index (χ0v) is 10.3. The fraction of sp³-hybridized carbons (Fsp3) is 0.615. The van der Waals surface area contributed by atoms with Crippen molar-refractivity contribution in [3.05, 3.63) is 23.9 Å². The summed E-state index contributed by atoms with van der Waals surface area (Å²) in [6, 6.07) is 4.06. The van der Waals surface area contributed by atoms with Crippen molar-refractivity contribution in [1.29, 1.82) is 0 Å². The van der Waals surface area contributed by atoms with Crippen LogP contribution in [0.25, 0.3) is 0 Å². The second kappa shape index (κ2) is 5.47. The molecule has 1 aliphatic rings. The molecule has 4 nitrogen and oxygen atoms in total. The summed E-state index contributed by atoms with van der Waals surface area (Å²) in [5.41, 5.74) is 6.99. The van der Waals surface area contributed by atoms with E-state index in [4.69, 9.17) is 5.73 Å². The Morgan fingerprint density at radius 3 is 3.18 bits per heavy atom. The van der Waals surface area contributed by atoms with Gasteiger partial charge in [-0.2, -0.15) is 0 Å². The average Bonchev–Trinajstić information content (AvgIpc) is 2.39. The Bertz CT molecular complexity index is 367. The van der Waals surface area contributed by atoms with Crippen molar-refractivity contribution in [2.45, 2.75) is 25.8 Å². The van der Waals surface area contributed by atoms with E-state index in [1.165, 1.54) is 0 Å². The minimum absolute atomic E-state index is 0.0372. The number of piperidine rings is 1. The van der Waals surface area contributed by atoms with E-state index in [0.717, 1.165) is 37.3 Å². The summed E-state index contributed by atoms with van der Waals surface area (Å²) in [6.45, 7) is 4.16. The molecule has 1 aromatic heterocycles. The van der Waals surface area contributed by atoms with Crippen LogP contribution in [0.3, 0.4) is 0 Å². The third-order valence-electron chi connectivity index (χ3n) is 3.40. The molecule has 94 valence electrons. The van der Waals surface area contributed by atoms with Crippen LogP contribution in [0.4, 0.5) is 5.82 Å². The van der Waals surface area contributed by atoms with Crippen molar-refractivity contribution in [2.24, 2.45) is 11.7 Å². The van der Waals surface area contributed by atoms with E-state index in [1.807, 2.05) is 19.2 Å². The molecule has 0 saturated carbocycles. The second-order valence-electron chi connectivity index (χ2n) is 4.87. The van der Waals surface area contributed by atoms with Gasteiger partial charge in [0.1, 0.15) is 5.82 Å². The molecule has 0 aliphatic carbocycles. The average molecular weight is 235 g/mol. The van der Waals surface area contributed by atoms with Gasteiger partial charge < -0.3 is 15.7 Å². The van der Waals surface area contributed by atoms with Gasteiger partial charge in [-0.3, -0.25) is 0 Å². The molecule has 3 N–H and O–H groups in total. The molecule has 4 heteroatoms. The van der Waals surface area contributed by atoms with Crippen LogP contribution in [0.5, 0.6) is 0 Å². The molecule has 2 rings (SSSR count). The van der Waals surface area contributed by atoms with Gasteiger partial charge >= 0.3 is 0 Å². The first-order valence-corrected chi connectivity index (χ1v) is 6.28. The van der Waals surface area contributed by atoms with E-state index in [0.29, 0.717) is 5.92 Å². The van der Waals surface area contributed by atoms with E-state index in [1.54, 1.807) is 0 Å². The maximum atomic E-state index is 9.23. The minimum atomic E-state index is 0.0372. The molecule has 1 saturated heterocycles. The predicted octanol–water partition coefficient (Wildman–Crippen LogP) is 1.31. The van der Waals surface area contributed by atoms with Gasteiger partial charge in [-0.25, -0.2) is 4.98 Å². The highest BCUT2D eigenvalue weighted by molar-refractivity contribution is 5.42. The highest BCUT2D eigenvalue weighted by atomic mass is 16.3. The summed E-state index contributed by atoms with van der Waals surface area (Å²) in [4.78, 5) is 6.65. The van der Waals surface area contributed by atoms with Gasteiger partial charge in [-0.15, -0.1) is 0 Å². The quantitative estimate of drug-likeness (QED) is 0.829. The van der Waals surface area contributed by atoms with Crippen LogP contribution >= 0.6 is 0 Å². The number of hydrogen-bond donors (Lipinski definition) is 2. The summed E-state index contributed by atoms with van der Waals surface area (Å²) in [5.74, 6) is 1.36. The molecule has 2 heterocycles. The predicted molar refractivity (Wildman–Crippen MR) is 68.9 cm³/mol. The van der Waals surface area contributed by atoms with Gasteiger partial charge in [0, 0.05) is 31.9 Å². The number of aromatic nitrogens is 1. The number of nitrogens with two attached hydrogens (primary N) is 1. The largest absolute Gasteiger partial charge is 0.396 e. The standard InChI is InChI=1S/C13H21N3O/c1-10(14)12-4-5-15-13(7-12)16-6-2-3-11(8-16)9-17/h4-5,7,10-11,17H,2-3,6,8-9,14H2,1H3/t10-,11?/m1/s1. The molecule has 0 aromatic carbocycles. The molecule has 2 atom stereocenters. The number of pyridine rings is 1. The van der Waals surface area contributed by atoms with Gasteiger partial charge in [0.25, 0.3) is 0 Å². The van der Waals surface area contributed by atoms with Crippen LogP contribution in [0.15, 0.2) is 18.3 Å². The molecule has 1 unspecified atom stereocenters. The van der Waals surface area contributed by atoms with Crippen molar-refractivity contribution < 1.29 is 5.11 Å². The molecule has 1 aliphatic heterocycles. The maximum absolute atomic E-state index is 9.23. The fourth-order valence-electron chi connectivity index (χ4n) is 2.31. The van der Waals surface area contributed by atoms with E-state index in [-0.39, 0.29) is 12.6 Å². The molecule has 1 aromatic rings. The normalized spacial score (nSPS) is 22.5. The van der Waals surface area contributed by atoms with E-state index in [9.17, 15) is 5.11 Å². The smallest absolute Gasteiger partial charge is 0.128 e. The van der Waals surface area contributed by atoms with Gasteiger partial charge in [-0.05, 0) is 43.4 Å². The van der Waals surface area contributed by atoms with Crippen LogP contribution in [-0.4, -0.2) is 29.8 Å². The van der Waals surface area contributed by atoms with Gasteiger partial charge in [0.2, 0.25) is 0 Å². The van der Waals surface area contributed by atoms with Crippen LogP contribution in [0.1, 0.15) is 31.4 Å². The number of aliphatic hydroxyl groups excluding tert-OH is 1. The number of hydrogen-bond acceptors (Lipinski definition) is 4. The Kier molecular flexibility index (Phi) is 3.97. The Balaban J connectivity index is 2.13. The van der Waals surface area contributed by atoms with E-state index < -0.39 is 0 Å². The summed E-state index contributed by atoms with van der Waals surface area (Å²) < 4.78 is 0. The van der Waals surface area contributed by atoms with Crippen molar-refractivity contribution in [3.63, 3.8) is 0 Å². The van der Waals surface area contributed by atoms with Gasteiger partial charge in [0.15, 0.2) is 0 Å². The zero-order valence-electron chi connectivity index (χ0n) is 10.3. The molecular formula is C13H21N3O. The first-order valence-electron chi connectivity index (χ1n) is 6.28. The topological polar surface area (TPSA) is 62.4 Å². The van der Waals surface area contributed by atoms with E-state index >= 15 is 0 Å². The van der Waals surface area contributed by atoms with Crippen molar-refractivity contribution in [2.75, 3.05) is 24.6 Å². The molecule has 0 spiro atoms. The highest BCUT2D eigenvalue weighted by Crippen LogP contribution is 2.23. The van der Waals surface area contributed by atoms with Crippen molar-refractivity contribution >= 4 is 5.82 Å². The number of rotatable bonds is 3. The lowest BCUT2D eigenvalue weighted by atomic mass is 9.99. The Morgan fingerprint density at radius 2 is 2.47 bits per heavy atom. The van der Waals surface area contributed by atoms with Gasteiger partial charge in [0.05, 0.1) is 0 Å². The lowest BCUT2D eigenvalue weighted by Crippen LogP contribution is -2.37. The number of nitrogens with zero attached hydrogens (tertiary/aromatic N) is 2. The fourth-order valence-corrected chi connectivity index (χ4v) is 2.31. The lowest BCUT2D eigenvalue weighted by Gasteiger charge is -2.33. The Morgan fingerprint density at radius 1 is 1.65 bits per heavy atom. The molecule has 0 amide bonds. The maximum Gasteiger partial charge on any atom is 0.128 e. The lowest BCUT2D eigenvalue weighted by molar-refractivity contribution is 0.208. The van der Waals surface area contributed by atoms with Crippen LogP contribution in [0, 0.1) is 5.92 Å². The summed E-state index contributed by atoms with van der Waals surface area (Å²) in [6.07, 6.45) is 4.05. The first-order chi connectivity index (χ1) is 8.20. The van der Waals surface area contributed by atoms with Crippen LogP contribution in [-0.2, 0) is 0 Å². The minimum Gasteiger partial charge on any atom is -0.396 e. The highest BCUT2D eigenvalue weighted by Gasteiger charge is 2.20. The number of aliphatic hydroxyl groups is 1. The monoisotopic (exact) mass is 235 g/mol. The molecule has 1 fully saturated rings. The van der Waals surface area contributed by atoms with Crippen LogP contribution < -0.4 is 10.6 Å². The number of anilines is 1. The zero-order chi connectivity index (χ0) is 12.3.